The first-order valence-electron chi connectivity index (χ1n) is 8.38. The summed E-state index contributed by atoms with van der Waals surface area (Å²) in [6, 6.07) is 11.6. The Bertz CT molecular complexity index is 901. The zero-order valence-corrected chi connectivity index (χ0v) is 15.9. The maximum Gasteiger partial charge on any atom is 0.254 e. The lowest BCUT2D eigenvalue weighted by Crippen LogP contribution is -2.24. The normalized spacial score (nSPS) is 10.7. The molecule has 0 aliphatic heterocycles. The first kappa shape index (κ1) is 18.2. The summed E-state index contributed by atoms with van der Waals surface area (Å²) in [6.07, 6.45) is 1.70. The third-order valence-electron chi connectivity index (χ3n) is 4.25. The number of amides is 1. The Kier molecular flexibility index (Phi) is 5.73. The molecule has 5 nitrogen and oxygen atoms in total. The molecule has 3 rings (SSSR count). The van der Waals surface area contributed by atoms with E-state index in [1.54, 1.807) is 18.3 Å². The Hall–Kier alpha value is -2.60. The van der Waals surface area contributed by atoms with Gasteiger partial charge in [0.2, 0.25) is 0 Å². The Morgan fingerprint density at radius 3 is 2.69 bits per heavy atom. The monoisotopic (exact) mass is 367 g/mol. The number of pyridine rings is 1. The average Bonchev–Trinajstić information content (AvgIpc) is 2.97. The summed E-state index contributed by atoms with van der Waals surface area (Å²) in [7, 11) is 0. The zero-order chi connectivity index (χ0) is 18.5. The van der Waals surface area contributed by atoms with Gasteiger partial charge in [-0.05, 0) is 44.0 Å². The van der Waals surface area contributed by atoms with Gasteiger partial charge in [0.15, 0.2) is 0 Å². The van der Waals surface area contributed by atoms with Crippen molar-refractivity contribution in [3.63, 3.8) is 0 Å². The van der Waals surface area contributed by atoms with E-state index >= 15 is 0 Å². The van der Waals surface area contributed by atoms with Gasteiger partial charge in [-0.3, -0.25) is 4.79 Å². The van der Waals surface area contributed by atoms with Gasteiger partial charge in [-0.15, -0.1) is 11.8 Å². The molecule has 1 amide bonds. The molecule has 1 aromatic carbocycles. The third-order valence-corrected chi connectivity index (χ3v) is 5.28. The van der Waals surface area contributed by atoms with E-state index in [1.165, 1.54) is 11.8 Å². The first-order chi connectivity index (χ1) is 12.6. The molecule has 0 aliphatic rings. The molecule has 1 N–H and O–H groups in total. The Morgan fingerprint density at radius 1 is 1.15 bits per heavy atom. The SMILES string of the molecule is Cc1ccccc1CNC(=O)c1cccnc1SCc1c(C)noc1C. The molecule has 134 valence electrons. The summed E-state index contributed by atoms with van der Waals surface area (Å²) >= 11 is 1.51. The second-order valence-corrected chi connectivity index (χ2v) is 7.02. The Morgan fingerprint density at radius 2 is 1.96 bits per heavy atom. The number of thioether (sulfide) groups is 1. The molecule has 0 saturated heterocycles. The highest BCUT2D eigenvalue weighted by Crippen LogP contribution is 2.27. The highest BCUT2D eigenvalue weighted by molar-refractivity contribution is 7.98. The lowest BCUT2D eigenvalue weighted by Gasteiger charge is -2.10. The van der Waals surface area contributed by atoms with Crippen molar-refractivity contribution in [1.82, 2.24) is 15.5 Å². The number of hydrogen-bond acceptors (Lipinski definition) is 5. The number of nitrogens with one attached hydrogen (secondary N) is 1. The van der Waals surface area contributed by atoms with Crippen LogP contribution < -0.4 is 5.32 Å². The summed E-state index contributed by atoms with van der Waals surface area (Å²) in [5.74, 6) is 1.34. The van der Waals surface area contributed by atoms with Crippen molar-refractivity contribution in [1.29, 1.82) is 0 Å². The Labute approximate surface area is 157 Å². The van der Waals surface area contributed by atoms with E-state index in [2.05, 4.69) is 15.5 Å². The van der Waals surface area contributed by atoms with Gasteiger partial charge in [-0.2, -0.15) is 0 Å². The minimum atomic E-state index is -0.123. The van der Waals surface area contributed by atoms with Crippen molar-refractivity contribution >= 4 is 17.7 Å². The van der Waals surface area contributed by atoms with E-state index in [-0.39, 0.29) is 5.91 Å². The summed E-state index contributed by atoms with van der Waals surface area (Å²) in [6.45, 7) is 6.34. The molecule has 0 atom stereocenters. The van der Waals surface area contributed by atoms with Crippen LogP contribution in [0.5, 0.6) is 0 Å². The fourth-order valence-electron chi connectivity index (χ4n) is 2.61. The van der Waals surface area contributed by atoms with Crippen LogP contribution in [0.4, 0.5) is 0 Å². The predicted octanol–water partition coefficient (Wildman–Crippen LogP) is 4.22. The molecule has 0 radical (unpaired) electrons. The standard InChI is InChI=1S/C20H21N3O2S/c1-13-7-4-5-8-16(13)11-22-19(24)17-9-6-10-21-20(17)26-12-18-14(2)23-25-15(18)3/h4-10H,11-12H2,1-3H3,(H,22,24). The number of aryl methyl sites for hydroxylation is 3. The maximum absolute atomic E-state index is 12.7. The lowest BCUT2D eigenvalue weighted by atomic mass is 10.1. The molecule has 0 aliphatic carbocycles. The second-order valence-electron chi connectivity index (χ2n) is 6.06. The number of benzene rings is 1. The third kappa shape index (κ3) is 4.14. The van der Waals surface area contributed by atoms with E-state index in [9.17, 15) is 4.79 Å². The number of rotatable bonds is 6. The molecule has 0 saturated carbocycles. The molecule has 3 aromatic rings. The zero-order valence-electron chi connectivity index (χ0n) is 15.1. The van der Waals surface area contributed by atoms with Crippen LogP contribution in [0.2, 0.25) is 0 Å². The fraction of sp³-hybridized carbons (Fsp3) is 0.250. The van der Waals surface area contributed by atoms with Gasteiger partial charge in [-0.1, -0.05) is 29.4 Å². The van der Waals surface area contributed by atoms with Gasteiger partial charge < -0.3 is 9.84 Å². The molecule has 0 fully saturated rings. The van der Waals surface area contributed by atoms with Gasteiger partial charge in [0.1, 0.15) is 10.8 Å². The van der Waals surface area contributed by atoms with Gasteiger partial charge >= 0.3 is 0 Å². The van der Waals surface area contributed by atoms with Crippen LogP contribution in [0, 0.1) is 20.8 Å². The molecule has 2 heterocycles. The molecule has 0 spiro atoms. The first-order valence-corrected chi connectivity index (χ1v) is 9.37. The summed E-state index contributed by atoms with van der Waals surface area (Å²) in [5.41, 5.74) is 4.77. The fourth-order valence-corrected chi connectivity index (χ4v) is 3.75. The molecule has 6 heteroatoms. The molecule has 0 bridgehead atoms. The second kappa shape index (κ2) is 8.19. The van der Waals surface area contributed by atoms with E-state index in [0.29, 0.717) is 22.9 Å². The molecule has 26 heavy (non-hydrogen) atoms. The van der Waals surface area contributed by atoms with Crippen molar-refractivity contribution in [2.45, 2.75) is 38.1 Å². The van der Waals surface area contributed by atoms with Crippen LogP contribution in [-0.2, 0) is 12.3 Å². The van der Waals surface area contributed by atoms with Crippen molar-refractivity contribution in [3.05, 3.63) is 76.3 Å². The van der Waals surface area contributed by atoms with E-state index in [4.69, 9.17) is 4.52 Å². The maximum atomic E-state index is 12.7. The molecular formula is C20H21N3O2S. The smallest absolute Gasteiger partial charge is 0.254 e. The van der Waals surface area contributed by atoms with Crippen LogP contribution >= 0.6 is 11.8 Å². The molecular weight excluding hydrogens is 346 g/mol. The van der Waals surface area contributed by atoms with Crippen LogP contribution in [0.3, 0.4) is 0 Å². The number of hydrogen-bond donors (Lipinski definition) is 1. The lowest BCUT2D eigenvalue weighted by molar-refractivity contribution is 0.0947. The minimum absolute atomic E-state index is 0.123. The van der Waals surface area contributed by atoms with Crippen molar-refractivity contribution in [2.75, 3.05) is 0 Å². The predicted molar refractivity (Wildman–Crippen MR) is 102 cm³/mol. The number of aromatic nitrogens is 2. The summed E-state index contributed by atoms with van der Waals surface area (Å²) in [4.78, 5) is 17.0. The average molecular weight is 367 g/mol. The number of nitrogens with zero attached hydrogens (tertiary/aromatic N) is 2. The van der Waals surface area contributed by atoms with Crippen molar-refractivity contribution in [2.24, 2.45) is 0 Å². The Balaban J connectivity index is 1.70. The van der Waals surface area contributed by atoms with Crippen molar-refractivity contribution in [3.8, 4) is 0 Å². The summed E-state index contributed by atoms with van der Waals surface area (Å²) < 4.78 is 5.20. The van der Waals surface area contributed by atoms with Gasteiger partial charge in [0.25, 0.3) is 5.91 Å². The van der Waals surface area contributed by atoms with Crippen LogP contribution in [-0.4, -0.2) is 16.0 Å². The topological polar surface area (TPSA) is 68.0 Å². The summed E-state index contributed by atoms with van der Waals surface area (Å²) in [5, 5.41) is 7.66. The molecule has 2 aromatic heterocycles. The van der Waals surface area contributed by atoms with Crippen LogP contribution in [0.25, 0.3) is 0 Å². The minimum Gasteiger partial charge on any atom is -0.361 e. The largest absolute Gasteiger partial charge is 0.361 e. The highest BCUT2D eigenvalue weighted by Gasteiger charge is 2.15. The van der Waals surface area contributed by atoms with E-state index in [1.807, 2.05) is 45.0 Å². The van der Waals surface area contributed by atoms with Crippen molar-refractivity contribution < 1.29 is 9.32 Å². The van der Waals surface area contributed by atoms with Gasteiger partial charge in [0.05, 0.1) is 11.3 Å². The van der Waals surface area contributed by atoms with Crippen LogP contribution in [0.15, 0.2) is 52.1 Å². The van der Waals surface area contributed by atoms with Gasteiger partial charge in [0, 0.05) is 24.1 Å². The van der Waals surface area contributed by atoms with E-state index < -0.39 is 0 Å². The van der Waals surface area contributed by atoms with Crippen LogP contribution in [0.1, 0.15) is 38.5 Å². The van der Waals surface area contributed by atoms with E-state index in [0.717, 1.165) is 28.1 Å². The van der Waals surface area contributed by atoms with Gasteiger partial charge in [-0.25, -0.2) is 4.98 Å². The number of carbonyl (C=O) groups is 1. The number of carbonyl (C=O) groups excluding carboxylic acids is 1. The quantitative estimate of drug-likeness (QED) is 0.661. The molecule has 0 unspecified atom stereocenters. The highest BCUT2D eigenvalue weighted by atomic mass is 32.2.